The van der Waals surface area contributed by atoms with Gasteiger partial charge < -0.3 is 14.2 Å². The quantitative estimate of drug-likeness (QED) is 0.249. The standard InChI is InChI=1S/C28H23N3O4S/c1-33-23-14-15-24(34-2)26-25(23)30-28(36-26)31(18-20-10-6-7-16-29-20)27(32)19-9-8-13-22(17-19)35-21-11-4-3-5-12-21/h3-17H,18H2,1-2H3. The lowest BCUT2D eigenvalue weighted by molar-refractivity contribution is 0.0984. The van der Waals surface area contributed by atoms with Crippen molar-refractivity contribution in [2.24, 2.45) is 0 Å². The van der Waals surface area contributed by atoms with E-state index in [0.717, 1.165) is 10.4 Å². The monoisotopic (exact) mass is 497 g/mol. The normalized spacial score (nSPS) is 10.7. The molecule has 2 aromatic heterocycles. The molecule has 0 unspecified atom stereocenters. The number of anilines is 1. The number of hydrogen-bond donors (Lipinski definition) is 0. The highest BCUT2D eigenvalue weighted by Gasteiger charge is 2.25. The van der Waals surface area contributed by atoms with Gasteiger partial charge in [-0.05, 0) is 54.6 Å². The Balaban J connectivity index is 1.55. The molecule has 0 N–H and O–H groups in total. The lowest BCUT2D eigenvalue weighted by Crippen LogP contribution is -2.30. The molecule has 1 amide bonds. The topological polar surface area (TPSA) is 73.8 Å². The molecule has 2 heterocycles. The second-order valence-electron chi connectivity index (χ2n) is 7.80. The number of pyridine rings is 1. The zero-order valence-corrected chi connectivity index (χ0v) is 20.6. The molecule has 8 heteroatoms. The Bertz CT molecular complexity index is 1450. The van der Waals surface area contributed by atoms with E-state index in [0.29, 0.717) is 39.2 Å². The van der Waals surface area contributed by atoms with Crippen molar-refractivity contribution in [3.05, 3.63) is 102 Å². The van der Waals surface area contributed by atoms with Crippen molar-refractivity contribution in [1.82, 2.24) is 9.97 Å². The van der Waals surface area contributed by atoms with Gasteiger partial charge in [0.25, 0.3) is 5.91 Å². The molecule has 5 rings (SSSR count). The molecule has 0 saturated heterocycles. The van der Waals surface area contributed by atoms with Gasteiger partial charge in [0.2, 0.25) is 0 Å². The van der Waals surface area contributed by atoms with Crippen LogP contribution in [0.1, 0.15) is 16.1 Å². The number of carbonyl (C=O) groups is 1. The molecule has 36 heavy (non-hydrogen) atoms. The highest BCUT2D eigenvalue weighted by Crippen LogP contribution is 2.40. The van der Waals surface area contributed by atoms with E-state index in [4.69, 9.17) is 19.2 Å². The van der Waals surface area contributed by atoms with Gasteiger partial charge in [-0.1, -0.05) is 41.7 Å². The summed E-state index contributed by atoms with van der Waals surface area (Å²) >= 11 is 1.37. The lowest BCUT2D eigenvalue weighted by Gasteiger charge is -2.20. The van der Waals surface area contributed by atoms with E-state index in [9.17, 15) is 4.79 Å². The maximum Gasteiger partial charge on any atom is 0.260 e. The maximum atomic E-state index is 13.9. The molecular weight excluding hydrogens is 474 g/mol. The van der Waals surface area contributed by atoms with Crippen LogP contribution in [-0.2, 0) is 6.54 Å². The number of ether oxygens (including phenoxy) is 3. The van der Waals surface area contributed by atoms with Gasteiger partial charge in [0, 0.05) is 11.8 Å². The van der Waals surface area contributed by atoms with E-state index in [1.54, 1.807) is 49.6 Å². The Morgan fingerprint density at radius 2 is 1.61 bits per heavy atom. The summed E-state index contributed by atoms with van der Waals surface area (Å²) in [6.07, 6.45) is 1.71. The molecular formula is C28H23N3O4S. The van der Waals surface area contributed by atoms with E-state index >= 15 is 0 Å². The Kier molecular flexibility index (Phi) is 6.77. The van der Waals surface area contributed by atoms with Crippen LogP contribution in [0.4, 0.5) is 5.13 Å². The molecule has 3 aromatic carbocycles. The van der Waals surface area contributed by atoms with Crippen LogP contribution in [0.5, 0.6) is 23.0 Å². The summed E-state index contributed by atoms with van der Waals surface area (Å²) in [6.45, 7) is 0.244. The molecule has 5 aromatic rings. The van der Waals surface area contributed by atoms with E-state index in [1.165, 1.54) is 11.3 Å². The average Bonchev–Trinajstić information content (AvgIpc) is 3.37. The Labute approximate surface area is 212 Å². The minimum absolute atomic E-state index is 0.226. The predicted octanol–water partition coefficient (Wildman–Crippen LogP) is 6.35. The second kappa shape index (κ2) is 10.5. The summed E-state index contributed by atoms with van der Waals surface area (Å²) in [4.78, 5) is 24.7. The molecule has 0 radical (unpaired) electrons. The summed E-state index contributed by atoms with van der Waals surface area (Å²) in [5.41, 5.74) is 1.84. The predicted molar refractivity (Wildman–Crippen MR) is 140 cm³/mol. The number of rotatable bonds is 8. The van der Waals surface area contributed by atoms with Crippen molar-refractivity contribution < 1.29 is 19.0 Å². The molecule has 7 nitrogen and oxygen atoms in total. The highest BCUT2D eigenvalue weighted by molar-refractivity contribution is 7.22. The lowest BCUT2D eigenvalue weighted by atomic mass is 10.2. The van der Waals surface area contributed by atoms with Gasteiger partial charge in [-0.15, -0.1) is 0 Å². The number of carbonyl (C=O) groups excluding carboxylic acids is 1. The number of amides is 1. The zero-order chi connectivity index (χ0) is 24.9. The second-order valence-corrected chi connectivity index (χ2v) is 8.78. The number of hydrogen-bond acceptors (Lipinski definition) is 7. The number of aromatic nitrogens is 2. The Morgan fingerprint density at radius 3 is 2.36 bits per heavy atom. The SMILES string of the molecule is COc1ccc(OC)c2sc(N(Cc3ccccn3)C(=O)c3cccc(Oc4ccccc4)c3)nc12. The third-order valence-corrected chi connectivity index (χ3v) is 6.57. The molecule has 0 fully saturated rings. The number of para-hydroxylation sites is 1. The van der Waals surface area contributed by atoms with E-state index in [2.05, 4.69) is 4.98 Å². The van der Waals surface area contributed by atoms with Crippen molar-refractivity contribution in [3.63, 3.8) is 0 Å². The van der Waals surface area contributed by atoms with Crippen molar-refractivity contribution in [2.45, 2.75) is 6.54 Å². The van der Waals surface area contributed by atoms with Crippen LogP contribution >= 0.6 is 11.3 Å². The van der Waals surface area contributed by atoms with Crippen molar-refractivity contribution >= 4 is 32.6 Å². The molecule has 0 aliphatic carbocycles. The van der Waals surface area contributed by atoms with Crippen molar-refractivity contribution in [2.75, 3.05) is 19.1 Å². The molecule has 0 bridgehead atoms. The van der Waals surface area contributed by atoms with E-state index in [1.807, 2.05) is 60.7 Å². The molecule has 0 aliphatic heterocycles. The fraction of sp³-hybridized carbons (Fsp3) is 0.107. The zero-order valence-electron chi connectivity index (χ0n) is 19.8. The minimum Gasteiger partial charge on any atom is -0.495 e. The van der Waals surface area contributed by atoms with Crippen LogP contribution in [0.2, 0.25) is 0 Å². The van der Waals surface area contributed by atoms with Gasteiger partial charge in [-0.2, -0.15) is 0 Å². The number of thiazole rings is 1. The van der Waals surface area contributed by atoms with Crippen LogP contribution in [0.15, 0.2) is 91.1 Å². The molecule has 0 spiro atoms. The van der Waals surface area contributed by atoms with Gasteiger partial charge in [-0.3, -0.25) is 14.7 Å². The van der Waals surface area contributed by atoms with Gasteiger partial charge in [0.1, 0.15) is 33.2 Å². The van der Waals surface area contributed by atoms with Gasteiger partial charge in [0.05, 0.1) is 26.5 Å². The van der Waals surface area contributed by atoms with Crippen LogP contribution < -0.4 is 19.1 Å². The number of benzene rings is 3. The van der Waals surface area contributed by atoms with Gasteiger partial charge in [0.15, 0.2) is 5.13 Å². The summed E-state index contributed by atoms with van der Waals surface area (Å²) < 4.78 is 17.8. The maximum absolute atomic E-state index is 13.9. The summed E-state index contributed by atoms with van der Waals surface area (Å²) in [5.74, 6) is 2.31. The molecule has 0 aliphatic rings. The van der Waals surface area contributed by atoms with Crippen LogP contribution in [-0.4, -0.2) is 30.1 Å². The number of nitrogens with zero attached hydrogens (tertiary/aromatic N) is 3. The third kappa shape index (κ3) is 4.85. The van der Waals surface area contributed by atoms with E-state index in [-0.39, 0.29) is 12.5 Å². The van der Waals surface area contributed by atoms with Gasteiger partial charge in [-0.25, -0.2) is 4.98 Å². The van der Waals surface area contributed by atoms with Crippen LogP contribution in [0.3, 0.4) is 0 Å². The first-order valence-electron chi connectivity index (χ1n) is 11.2. The Hall–Kier alpha value is -4.43. The average molecular weight is 498 g/mol. The smallest absolute Gasteiger partial charge is 0.260 e. The first-order valence-corrected chi connectivity index (χ1v) is 12.0. The Morgan fingerprint density at radius 1 is 0.861 bits per heavy atom. The van der Waals surface area contributed by atoms with Crippen molar-refractivity contribution in [1.29, 1.82) is 0 Å². The number of fused-ring (bicyclic) bond motifs is 1. The fourth-order valence-electron chi connectivity index (χ4n) is 3.74. The molecule has 180 valence electrons. The third-order valence-electron chi connectivity index (χ3n) is 5.48. The van der Waals surface area contributed by atoms with Gasteiger partial charge >= 0.3 is 0 Å². The first kappa shape index (κ1) is 23.3. The number of methoxy groups -OCH3 is 2. The van der Waals surface area contributed by atoms with Crippen LogP contribution in [0, 0.1) is 0 Å². The summed E-state index contributed by atoms with van der Waals surface area (Å²) in [7, 11) is 3.20. The summed E-state index contributed by atoms with van der Waals surface area (Å²) in [5, 5.41) is 0.512. The molecule has 0 saturated carbocycles. The van der Waals surface area contributed by atoms with Crippen LogP contribution in [0.25, 0.3) is 10.2 Å². The summed E-state index contributed by atoms with van der Waals surface area (Å²) in [6, 6.07) is 25.8. The highest BCUT2D eigenvalue weighted by atomic mass is 32.1. The first-order chi connectivity index (χ1) is 17.7. The van der Waals surface area contributed by atoms with Crippen molar-refractivity contribution in [3.8, 4) is 23.0 Å². The fourth-order valence-corrected chi connectivity index (χ4v) is 4.81. The molecule has 0 atom stereocenters. The largest absolute Gasteiger partial charge is 0.495 e. The van der Waals surface area contributed by atoms with E-state index < -0.39 is 0 Å². The minimum atomic E-state index is -0.226.